The molecule has 0 saturated heterocycles. The van der Waals surface area contributed by atoms with Gasteiger partial charge in [0.2, 0.25) is 0 Å². The Bertz CT molecular complexity index is 1500. The standard InChI is InChI=1S/C27H22.C8H10O/c1-4-10-23-19(5-2)20-11-6-8-13-24(20)27(23)25-14-9-7-12-21(25)22-16-15-18(3)17-26(22)27;1-7-3-5-8(9-2)6-4-7/h4-17H,1H2,2-3H3;3-6H,1-2H3/b19-5-,23-10+;. The minimum atomic E-state index is -0.259. The molecule has 0 saturated carbocycles. The highest BCUT2D eigenvalue weighted by molar-refractivity contribution is 6.00. The van der Waals surface area contributed by atoms with Gasteiger partial charge in [0.25, 0.3) is 0 Å². The van der Waals surface area contributed by atoms with E-state index in [9.17, 15) is 0 Å². The molecule has 1 heteroatoms. The van der Waals surface area contributed by atoms with E-state index in [-0.39, 0.29) is 5.41 Å². The van der Waals surface area contributed by atoms with E-state index in [1.165, 1.54) is 55.7 Å². The van der Waals surface area contributed by atoms with Crippen molar-refractivity contribution in [3.8, 4) is 16.9 Å². The van der Waals surface area contributed by atoms with Crippen molar-refractivity contribution in [2.75, 3.05) is 7.11 Å². The van der Waals surface area contributed by atoms with Gasteiger partial charge in [-0.3, -0.25) is 0 Å². The number of allylic oxidation sites excluding steroid dienone is 5. The molecule has 1 spiro atoms. The molecule has 0 N–H and O–H groups in total. The molecule has 0 heterocycles. The molecule has 0 bridgehead atoms. The van der Waals surface area contributed by atoms with Crippen LogP contribution in [0.5, 0.6) is 5.75 Å². The summed E-state index contributed by atoms with van der Waals surface area (Å²) in [5, 5.41) is 0. The van der Waals surface area contributed by atoms with E-state index < -0.39 is 0 Å². The van der Waals surface area contributed by atoms with Crippen molar-refractivity contribution in [3.63, 3.8) is 0 Å². The van der Waals surface area contributed by atoms with Crippen molar-refractivity contribution < 1.29 is 4.74 Å². The average Bonchev–Trinajstić information content (AvgIpc) is 3.35. The number of hydrogen-bond donors (Lipinski definition) is 0. The summed E-state index contributed by atoms with van der Waals surface area (Å²) in [6, 6.07) is 32.6. The van der Waals surface area contributed by atoms with Crippen molar-refractivity contribution >= 4 is 5.57 Å². The predicted molar refractivity (Wildman–Crippen MR) is 153 cm³/mol. The summed E-state index contributed by atoms with van der Waals surface area (Å²) in [6.07, 6.45) is 6.39. The minimum absolute atomic E-state index is 0.259. The van der Waals surface area contributed by atoms with Crippen molar-refractivity contribution in [2.45, 2.75) is 26.2 Å². The third-order valence-electron chi connectivity index (χ3n) is 7.35. The van der Waals surface area contributed by atoms with E-state index in [0.717, 1.165) is 5.75 Å². The van der Waals surface area contributed by atoms with E-state index in [2.05, 4.69) is 106 Å². The molecular formula is C35H32O. The van der Waals surface area contributed by atoms with Gasteiger partial charge in [0.1, 0.15) is 5.75 Å². The number of benzene rings is 4. The zero-order valence-electron chi connectivity index (χ0n) is 21.5. The molecule has 0 amide bonds. The fourth-order valence-corrected chi connectivity index (χ4v) is 5.83. The molecule has 1 atom stereocenters. The zero-order valence-corrected chi connectivity index (χ0v) is 21.5. The van der Waals surface area contributed by atoms with Crippen LogP contribution in [0.3, 0.4) is 0 Å². The molecule has 0 radical (unpaired) electrons. The number of fused-ring (bicyclic) bond motifs is 7. The highest BCUT2D eigenvalue weighted by Gasteiger charge is 2.52. The second-order valence-electron chi connectivity index (χ2n) is 9.43. The van der Waals surface area contributed by atoms with Crippen LogP contribution < -0.4 is 4.74 Å². The smallest absolute Gasteiger partial charge is 0.118 e. The Kier molecular flexibility index (Phi) is 6.24. The topological polar surface area (TPSA) is 9.23 Å². The third kappa shape index (κ3) is 3.55. The van der Waals surface area contributed by atoms with Crippen molar-refractivity contribution in [3.05, 3.63) is 155 Å². The van der Waals surface area contributed by atoms with Crippen molar-refractivity contribution in [1.29, 1.82) is 0 Å². The van der Waals surface area contributed by atoms with Crippen LogP contribution in [0.4, 0.5) is 0 Å². The lowest BCUT2D eigenvalue weighted by molar-refractivity contribution is 0.414. The Morgan fingerprint density at radius 3 is 1.92 bits per heavy atom. The molecule has 1 unspecified atom stereocenters. The number of methoxy groups -OCH3 is 1. The Hall–Kier alpha value is -4.10. The summed E-state index contributed by atoms with van der Waals surface area (Å²) < 4.78 is 4.97. The largest absolute Gasteiger partial charge is 0.497 e. The molecule has 178 valence electrons. The molecule has 4 aromatic rings. The van der Waals surface area contributed by atoms with Gasteiger partial charge < -0.3 is 4.74 Å². The monoisotopic (exact) mass is 468 g/mol. The summed E-state index contributed by atoms with van der Waals surface area (Å²) in [6.45, 7) is 10.4. The first-order chi connectivity index (χ1) is 17.6. The van der Waals surface area contributed by atoms with Gasteiger partial charge >= 0.3 is 0 Å². The first-order valence-electron chi connectivity index (χ1n) is 12.5. The highest BCUT2D eigenvalue weighted by atomic mass is 16.5. The number of hydrogen-bond acceptors (Lipinski definition) is 1. The molecule has 4 aromatic carbocycles. The summed E-state index contributed by atoms with van der Waals surface area (Å²) in [5.74, 6) is 0.917. The third-order valence-corrected chi connectivity index (χ3v) is 7.35. The van der Waals surface area contributed by atoms with Crippen LogP contribution in [-0.4, -0.2) is 7.11 Å². The normalized spacial score (nSPS) is 18.9. The molecule has 6 rings (SSSR count). The van der Waals surface area contributed by atoms with Gasteiger partial charge in [-0.15, -0.1) is 0 Å². The maximum atomic E-state index is 4.97. The van der Waals surface area contributed by atoms with E-state index in [4.69, 9.17) is 4.74 Å². The van der Waals surface area contributed by atoms with E-state index in [1.54, 1.807) is 7.11 Å². The Labute approximate surface area is 215 Å². The summed E-state index contributed by atoms with van der Waals surface area (Å²) in [7, 11) is 1.67. The zero-order chi connectivity index (χ0) is 25.3. The summed E-state index contributed by atoms with van der Waals surface area (Å²) in [4.78, 5) is 0. The first-order valence-corrected chi connectivity index (χ1v) is 12.5. The lowest BCUT2D eigenvalue weighted by Crippen LogP contribution is -2.26. The van der Waals surface area contributed by atoms with Gasteiger partial charge in [-0.05, 0) is 77.4 Å². The summed E-state index contributed by atoms with van der Waals surface area (Å²) >= 11 is 0. The Morgan fingerprint density at radius 2 is 1.28 bits per heavy atom. The van der Waals surface area contributed by atoms with Crippen molar-refractivity contribution in [2.24, 2.45) is 0 Å². The first kappa shape index (κ1) is 23.6. The lowest BCUT2D eigenvalue weighted by Gasteiger charge is -2.31. The number of rotatable bonds is 2. The Balaban J connectivity index is 0.000000252. The minimum Gasteiger partial charge on any atom is -0.497 e. The quantitative estimate of drug-likeness (QED) is 0.285. The van der Waals surface area contributed by atoms with Gasteiger partial charge in [0.05, 0.1) is 12.5 Å². The molecule has 0 fully saturated rings. The fourth-order valence-electron chi connectivity index (χ4n) is 5.83. The fraction of sp³-hybridized carbons (Fsp3) is 0.143. The second-order valence-corrected chi connectivity index (χ2v) is 9.43. The maximum absolute atomic E-state index is 4.97. The van der Waals surface area contributed by atoms with Crippen LogP contribution >= 0.6 is 0 Å². The molecule has 2 aliphatic rings. The van der Waals surface area contributed by atoms with Gasteiger partial charge in [-0.2, -0.15) is 0 Å². The van der Waals surface area contributed by atoms with Gasteiger partial charge in [-0.25, -0.2) is 0 Å². The van der Waals surface area contributed by atoms with Crippen LogP contribution in [0.25, 0.3) is 16.7 Å². The van der Waals surface area contributed by atoms with Gasteiger partial charge in [0, 0.05) is 0 Å². The molecule has 36 heavy (non-hydrogen) atoms. The van der Waals surface area contributed by atoms with Gasteiger partial charge in [-0.1, -0.05) is 115 Å². The molecular weight excluding hydrogens is 436 g/mol. The number of ether oxygens (including phenoxy) is 1. The van der Waals surface area contributed by atoms with E-state index in [0.29, 0.717) is 0 Å². The maximum Gasteiger partial charge on any atom is 0.118 e. The molecule has 0 aliphatic heterocycles. The number of aryl methyl sites for hydroxylation is 2. The molecule has 2 aliphatic carbocycles. The van der Waals surface area contributed by atoms with Crippen LogP contribution in [0.2, 0.25) is 0 Å². The molecule has 0 aromatic heterocycles. The molecule has 1 nitrogen and oxygen atoms in total. The van der Waals surface area contributed by atoms with Gasteiger partial charge in [0.15, 0.2) is 0 Å². The van der Waals surface area contributed by atoms with E-state index in [1.807, 2.05) is 30.3 Å². The predicted octanol–water partition coefficient (Wildman–Crippen LogP) is 8.84. The lowest BCUT2D eigenvalue weighted by atomic mass is 9.70. The summed E-state index contributed by atoms with van der Waals surface area (Å²) in [5.41, 5.74) is 13.1. The Morgan fingerprint density at radius 1 is 0.694 bits per heavy atom. The highest BCUT2D eigenvalue weighted by Crippen LogP contribution is 2.63. The second kappa shape index (κ2) is 9.51. The van der Waals surface area contributed by atoms with Crippen LogP contribution in [0.15, 0.2) is 121 Å². The average molecular weight is 469 g/mol. The van der Waals surface area contributed by atoms with Crippen LogP contribution in [-0.2, 0) is 5.41 Å². The van der Waals surface area contributed by atoms with Crippen LogP contribution in [0, 0.1) is 13.8 Å². The van der Waals surface area contributed by atoms with Crippen molar-refractivity contribution in [1.82, 2.24) is 0 Å². The van der Waals surface area contributed by atoms with Crippen LogP contribution in [0.1, 0.15) is 40.3 Å². The van der Waals surface area contributed by atoms with E-state index >= 15 is 0 Å². The SMILES string of the molecule is C=C/C=C1\C(=C/C)c2ccccc2C12c1ccccc1-c1ccc(C)cc12.COc1ccc(C)cc1.